The van der Waals surface area contributed by atoms with Gasteiger partial charge in [0.05, 0.1) is 11.4 Å². The Bertz CT molecular complexity index is 1560. The summed E-state index contributed by atoms with van der Waals surface area (Å²) in [5.41, 5.74) is 6.45. The third-order valence-electron chi connectivity index (χ3n) is 6.70. The number of aromatic hydroxyl groups is 2. The van der Waals surface area contributed by atoms with Crippen LogP contribution in [-0.4, -0.2) is 22.6 Å². The quantitative estimate of drug-likeness (QED) is 0.271. The van der Waals surface area contributed by atoms with Crippen molar-refractivity contribution in [2.45, 2.75) is 66.2 Å². The lowest BCUT2D eigenvalue weighted by Gasteiger charge is -2.22. The Labute approximate surface area is 226 Å². The second-order valence-corrected chi connectivity index (χ2v) is 12.2. The van der Waals surface area contributed by atoms with E-state index >= 15 is 0 Å². The molecule has 0 fully saturated rings. The molecule has 196 valence electrons. The minimum absolute atomic E-state index is 0.183. The Morgan fingerprint density at radius 2 is 1.13 bits per heavy atom. The van der Waals surface area contributed by atoms with Crippen molar-refractivity contribution in [2.24, 2.45) is 9.98 Å². The van der Waals surface area contributed by atoms with Crippen molar-refractivity contribution in [2.75, 3.05) is 0 Å². The predicted molar refractivity (Wildman–Crippen MR) is 162 cm³/mol. The smallest absolute Gasteiger partial charge is 0.128 e. The molecule has 38 heavy (non-hydrogen) atoms. The largest absolute Gasteiger partial charge is 0.507 e. The Morgan fingerprint density at radius 1 is 0.632 bits per heavy atom. The third-order valence-corrected chi connectivity index (χ3v) is 6.70. The van der Waals surface area contributed by atoms with E-state index in [1.165, 1.54) is 0 Å². The molecule has 0 bridgehead atoms. The molecule has 4 aromatic carbocycles. The van der Waals surface area contributed by atoms with Crippen LogP contribution in [0.15, 0.2) is 70.6 Å². The lowest BCUT2D eigenvalue weighted by molar-refractivity contribution is 0.445. The first kappa shape index (κ1) is 27.1. The van der Waals surface area contributed by atoms with Crippen LogP contribution < -0.4 is 0 Å². The Kier molecular flexibility index (Phi) is 7.20. The van der Waals surface area contributed by atoms with Crippen molar-refractivity contribution in [3.05, 3.63) is 94.0 Å². The third kappa shape index (κ3) is 5.80. The van der Waals surface area contributed by atoms with Gasteiger partial charge in [-0.2, -0.15) is 0 Å². The number of benzene rings is 4. The number of nitrogens with zero attached hydrogens (tertiary/aromatic N) is 2. The van der Waals surface area contributed by atoms with Gasteiger partial charge in [0.2, 0.25) is 0 Å². The van der Waals surface area contributed by atoms with Gasteiger partial charge in [0.25, 0.3) is 0 Å². The standard InChI is InChI=1S/C34H38N2O2/c1-21-13-24(31(37)28(15-21)33(3,4)5)19-35-26-17-23-11-9-10-12-27(23)30(18-26)36-20-25-14-22(2)16-29(32(25)38)34(6,7)8/h9-20,37-38H,1-8H3. The van der Waals surface area contributed by atoms with Gasteiger partial charge in [-0.1, -0.05) is 77.9 Å². The topological polar surface area (TPSA) is 65.2 Å². The summed E-state index contributed by atoms with van der Waals surface area (Å²) in [7, 11) is 0. The molecule has 0 saturated heterocycles. The molecule has 0 saturated carbocycles. The molecule has 0 unspecified atom stereocenters. The number of aliphatic imine (C=N–C) groups is 2. The van der Waals surface area contributed by atoms with Crippen molar-refractivity contribution in [3.63, 3.8) is 0 Å². The normalized spacial score (nSPS) is 12.7. The van der Waals surface area contributed by atoms with Crippen LogP contribution in [0.3, 0.4) is 0 Å². The molecule has 0 heterocycles. The lowest BCUT2D eigenvalue weighted by atomic mass is 9.84. The summed E-state index contributed by atoms with van der Waals surface area (Å²) in [5, 5.41) is 24.0. The second-order valence-electron chi connectivity index (χ2n) is 12.2. The Hall–Kier alpha value is -3.92. The molecule has 4 aromatic rings. The first-order chi connectivity index (χ1) is 17.7. The molecule has 0 atom stereocenters. The Morgan fingerprint density at radius 3 is 1.66 bits per heavy atom. The zero-order valence-electron chi connectivity index (χ0n) is 23.7. The van der Waals surface area contributed by atoms with Crippen LogP contribution in [0.1, 0.15) is 74.9 Å². The van der Waals surface area contributed by atoms with Crippen LogP contribution in [-0.2, 0) is 10.8 Å². The van der Waals surface area contributed by atoms with E-state index in [1.807, 2.05) is 74.5 Å². The molecule has 0 amide bonds. The molecule has 0 aromatic heterocycles. The summed E-state index contributed by atoms with van der Waals surface area (Å²) < 4.78 is 0. The van der Waals surface area contributed by atoms with Gasteiger partial charge < -0.3 is 10.2 Å². The summed E-state index contributed by atoms with van der Waals surface area (Å²) in [4.78, 5) is 9.55. The van der Waals surface area contributed by atoms with Crippen LogP contribution in [0.2, 0.25) is 0 Å². The van der Waals surface area contributed by atoms with Crippen molar-refractivity contribution in [1.82, 2.24) is 0 Å². The van der Waals surface area contributed by atoms with Crippen LogP contribution in [0.5, 0.6) is 11.5 Å². The number of fused-ring (bicyclic) bond motifs is 1. The Balaban J connectivity index is 1.79. The maximum atomic E-state index is 11.0. The average Bonchev–Trinajstić information content (AvgIpc) is 2.83. The summed E-state index contributed by atoms with van der Waals surface area (Å²) in [6.45, 7) is 16.6. The highest BCUT2D eigenvalue weighted by Crippen LogP contribution is 2.37. The van der Waals surface area contributed by atoms with Crippen molar-refractivity contribution in [1.29, 1.82) is 0 Å². The fraction of sp³-hybridized carbons (Fsp3) is 0.294. The van der Waals surface area contributed by atoms with Crippen molar-refractivity contribution >= 4 is 34.6 Å². The van der Waals surface area contributed by atoms with Crippen LogP contribution in [0.4, 0.5) is 11.4 Å². The maximum absolute atomic E-state index is 11.0. The van der Waals surface area contributed by atoms with Gasteiger partial charge in [0.15, 0.2) is 0 Å². The van der Waals surface area contributed by atoms with E-state index in [2.05, 4.69) is 41.5 Å². The van der Waals surface area contributed by atoms with E-state index < -0.39 is 0 Å². The van der Waals surface area contributed by atoms with Gasteiger partial charge in [-0.25, -0.2) is 0 Å². The van der Waals surface area contributed by atoms with Crippen LogP contribution >= 0.6 is 0 Å². The molecule has 2 N–H and O–H groups in total. The van der Waals surface area contributed by atoms with Crippen molar-refractivity contribution in [3.8, 4) is 11.5 Å². The number of hydrogen-bond acceptors (Lipinski definition) is 4. The van der Waals surface area contributed by atoms with Crippen LogP contribution in [0.25, 0.3) is 10.8 Å². The highest BCUT2D eigenvalue weighted by Gasteiger charge is 2.21. The zero-order valence-corrected chi connectivity index (χ0v) is 23.7. The minimum atomic E-state index is -0.186. The fourth-order valence-electron chi connectivity index (χ4n) is 4.69. The van der Waals surface area contributed by atoms with Gasteiger partial charge in [-0.3, -0.25) is 9.98 Å². The van der Waals surface area contributed by atoms with E-state index in [-0.39, 0.29) is 22.3 Å². The van der Waals surface area contributed by atoms with E-state index in [4.69, 9.17) is 9.98 Å². The van der Waals surface area contributed by atoms with Gasteiger partial charge >= 0.3 is 0 Å². The maximum Gasteiger partial charge on any atom is 0.128 e. The summed E-state index contributed by atoms with van der Waals surface area (Å²) in [6, 6.07) is 20.0. The molecule has 4 rings (SSSR count). The number of hydrogen-bond donors (Lipinski definition) is 2. The van der Waals surface area contributed by atoms with E-state index in [0.717, 1.165) is 44.4 Å². The van der Waals surface area contributed by atoms with Gasteiger partial charge in [-0.15, -0.1) is 0 Å². The molecule has 0 aliphatic rings. The molecule has 0 radical (unpaired) electrons. The SMILES string of the molecule is Cc1cc(C=Nc2cc(N=Cc3cc(C)cc(C(C)(C)C)c3O)c3ccccc3c2)c(O)c(C(C)(C)C)c1. The molecule has 0 aliphatic carbocycles. The number of rotatable bonds is 4. The predicted octanol–water partition coefficient (Wildman–Crippen LogP) is 8.96. The molecule has 0 aliphatic heterocycles. The van der Waals surface area contributed by atoms with Gasteiger partial charge in [0.1, 0.15) is 11.5 Å². The molecule has 4 heteroatoms. The lowest BCUT2D eigenvalue weighted by Crippen LogP contribution is -2.12. The second kappa shape index (κ2) is 10.1. The highest BCUT2D eigenvalue weighted by molar-refractivity contribution is 5.99. The summed E-state index contributed by atoms with van der Waals surface area (Å²) in [5.74, 6) is 0.519. The highest BCUT2D eigenvalue weighted by atomic mass is 16.3. The molecular formula is C34H38N2O2. The van der Waals surface area contributed by atoms with Gasteiger partial charge in [0, 0.05) is 40.1 Å². The monoisotopic (exact) mass is 506 g/mol. The number of phenols is 2. The zero-order chi connectivity index (χ0) is 27.8. The number of aryl methyl sites for hydroxylation is 2. The number of phenolic OH excluding ortho intramolecular Hbond substituents is 2. The molecular weight excluding hydrogens is 468 g/mol. The van der Waals surface area contributed by atoms with E-state index in [9.17, 15) is 10.2 Å². The van der Waals surface area contributed by atoms with Crippen LogP contribution in [0, 0.1) is 13.8 Å². The minimum Gasteiger partial charge on any atom is -0.507 e. The summed E-state index contributed by atoms with van der Waals surface area (Å²) in [6.07, 6.45) is 3.45. The molecule has 0 spiro atoms. The average molecular weight is 507 g/mol. The first-order valence-corrected chi connectivity index (χ1v) is 13.0. The summed E-state index contributed by atoms with van der Waals surface area (Å²) >= 11 is 0. The first-order valence-electron chi connectivity index (χ1n) is 13.0. The van der Waals surface area contributed by atoms with Gasteiger partial charge in [-0.05, 0) is 65.5 Å². The van der Waals surface area contributed by atoms with E-state index in [1.54, 1.807) is 12.4 Å². The van der Waals surface area contributed by atoms with Crippen molar-refractivity contribution < 1.29 is 10.2 Å². The molecule has 4 nitrogen and oxygen atoms in total. The van der Waals surface area contributed by atoms with E-state index in [0.29, 0.717) is 11.1 Å². The fourth-order valence-corrected chi connectivity index (χ4v) is 4.69.